The van der Waals surface area contributed by atoms with Gasteiger partial charge in [0.2, 0.25) is 5.91 Å². The normalized spacial score (nSPS) is 16.1. The average Bonchev–Trinajstić information content (AvgIpc) is 2.94. The molecule has 3 rings (SSSR count). The number of carbonyl (C=O) groups is 2. The maximum atomic E-state index is 12.8. The van der Waals surface area contributed by atoms with Gasteiger partial charge in [-0.25, -0.2) is 0 Å². The third kappa shape index (κ3) is 4.11. The monoisotopic (exact) mass is 351 g/mol. The zero-order valence-corrected chi connectivity index (χ0v) is 15.1. The minimum absolute atomic E-state index is 0.0164. The zero-order chi connectivity index (χ0) is 18.5. The molecule has 0 bridgehead atoms. The highest BCUT2D eigenvalue weighted by Crippen LogP contribution is 2.16. The molecule has 2 aromatic rings. The number of nitrogens with two attached hydrogens (primary N) is 1. The molecular weight excluding hydrogens is 326 g/mol. The first-order valence-corrected chi connectivity index (χ1v) is 9.01. The van der Waals surface area contributed by atoms with E-state index in [9.17, 15) is 9.59 Å². The second-order valence-corrected chi connectivity index (χ2v) is 6.73. The van der Waals surface area contributed by atoms with Gasteiger partial charge in [0.1, 0.15) is 6.04 Å². The molecule has 1 aliphatic rings. The predicted octanol–water partition coefficient (Wildman–Crippen LogP) is 2.37. The van der Waals surface area contributed by atoms with Crippen LogP contribution in [0, 0.1) is 6.92 Å². The van der Waals surface area contributed by atoms with Crippen molar-refractivity contribution in [2.45, 2.75) is 19.4 Å². The number of carbonyl (C=O) groups excluding carboxylic acids is 2. The topological polar surface area (TPSA) is 66.6 Å². The van der Waals surface area contributed by atoms with Crippen molar-refractivity contribution in [1.82, 2.24) is 9.80 Å². The van der Waals surface area contributed by atoms with Gasteiger partial charge in [0.15, 0.2) is 0 Å². The molecule has 5 nitrogen and oxygen atoms in total. The summed E-state index contributed by atoms with van der Waals surface area (Å²) >= 11 is 0. The fourth-order valence-corrected chi connectivity index (χ4v) is 3.22. The van der Waals surface area contributed by atoms with Gasteiger partial charge in [0.25, 0.3) is 5.91 Å². The Morgan fingerprint density at radius 1 is 0.885 bits per heavy atom. The Kier molecular flexibility index (Phi) is 5.68. The molecule has 0 spiro atoms. The number of aryl methyl sites for hydroxylation is 1. The van der Waals surface area contributed by atoms with Gasteiger partial charge in [-0.15, -0.1) is 0 Å². The van der Waals surface area contributed by atoms with Gasteiger partial charge in [-0.05, 0) is 31.0 Å². The molecule has 0 radical (unpaired) electrons. The summed E-state index contributed by atoms with van der Waals surface area (Å²) in [6.45, 7) is 4.32. The molecule has 2 aromatic carbocycles. The van der Waals surface area contributed by atoms with Crippen molar-refractivity contribution in [1.29, 1.82) is 0 Å². The molecule has 136 valence electrons. The maximum absolute atomic E-state index is 12.8. The Morgan fingerprint density at radius 3 is 2.19 bits per heavy atom. The number of nitrogens with zero attached hydrogens (tertiary/aromatic N) is 2. The molecule has 1 unspecified atom stereocenters. The average molecular weight is 351 g/mol. The second kappa shape index (κ2) is 8.15. The molecule has 26 heavy (non-hydrogen) atoms. The van der Waals surface area contributed by atoms with Gasteiger partial charge in [-0.1, -0.05) is 48.0 Å². The highest BCUT2D eigenvalue weighted by molar-refractivity contribution is 5.94. The lowest BCUT2D eigenvalue weighted by atomic mass is 10.0. The molecule has 0 aromatic heterocycles. The molecule has 2 N–H and O–H groups in total. The van der Waals surface area contributed by atoms with Crippen LogP contribution in [0.1, 0.15) is 33.9 Å². The summed E-state index contributed by atoms with van der Waals surface area (Å²) in [6.07, 6.45) is 0.755. The van der Waals surface area contributed by atoms with Gasteiger partial charge in [0, 0.05) is 31.7 Å². The standard InChI is InChI=1S/C21H25N3O2/c1-16-8-10-17(11-9-16)19(22)21(26)24-13-5-12-23(14-15-24)20(25)18-6-3-2-4-7-18/h2-4,6-11,19H,5,12-15,22H2,1H3. The molecule has 1 fully saturated rings. The van der Waals surface area contributed by atoms with E-state index in [2.05, 4.69) is 0 Å². The molecule has 5 heteroatoms. The summed E-state index contributed by atoms with van der Waals surface area (Å²) < 4.78 is 0. The first kappa shape index (κ1) is 18.1. The minimum Gasteiger partial charge on any atom is -0.339 e. The van der Waals surface area contributed by atoms with Crippen LogP contribution in [0.3, 0.4) is 0 Å². The third-order valence-corrected chi connectivity index (χ3v) is 4.82. The van der Waals surface area contributed by atoms with Crippen LogP contribution in [0.2, 0.25) is 0 Å². The van der Waals surface area contributed by atoms with E-state index in [1.165, 1.54) is 0 Å². The van der Waals surface area contributed by atoms with Crippen LogP contribution in [0.15, 0.2) is 54.6 Å². The fraction of sp³-hybridized carbons (Fsp3) is 0.333. The Labute approximate surface area is 154 Å². The van der Waals surface area contributed by atoms with E-state index >= 15 is 0 Å². The van der Waals surface area contributed by atoms with Gasteiger partial charge in [-0.2, -0.15) is 0 Å². The van der Waals surface area contributed by atoms with Crippen LogP contribution >= 0.6 is 0 Å². The first-order chi connectivity index (χ1) is 12.6. The Balaban J connectivity index is 1.63. The molecule has 0 saturated carbocycles. The molecule has 0 aliphatic carbocycles. The van der Waals surface area contributed by atoms with Crippen molar-refractivity contribution in [2.75, 3.05) is 26.2 Å². The molecule has 1 aliphatic heterocycles. The van der Waals surface area contributed by atoms with Gasteiger partial charge >= 0.3 is 0 Å². The number of amides is 2. The fourth-order valence-electron chi connectivity index (χ4n) is 3.22. The van der Waals surface area contributed by atoms with Crippen LogP contribution in [-0.4, -0.2) is 47.8 Å². The largest absolute Gasteiger partial charge is 0.339 e. The van der Waals surface area contributed by atoms with Crippen LogP contribution in [0.4, 0.5) is 0 Å². The minimum atomic E-state index is -0.660. The van der Waals surface area contributed by atoms with E-state index in [1.54, 1.807) is 4.90 Å². The highest BCUT2D eigenvalue weighted by atomic mass is 16.2. The number of hydrogen-bond donors (Lipinski definition) is 1. The molecule has 1 atom stereocenters. The van der Waals surface area contributed by atoms with Crippen molar-refractivity contribution in [3.8, 4) is 0 Å². The van der Waals surface area contributed by atoms with Crippen molar-refractivity contribution >= 4 is 11.8 Å². The quantitative estimate of drug-likeness (QED) is 0.923. The van der Waals surface area contributed by atoms with E-state index in [1.807, 2.05) is 66.4 Å². The molecule has 2 amide bonds. The lowest BCUT2D eigenvalue weighted by Gasteiger charge is -2.25. The summed E-state index contributed by atoms with van der Waals surface area (Å²) in [7, 11) is 0. The Hall–Kier alpha value is -2.66. The lowest BCUT2D eigenvalue weighted by molar-refractivity contribution is -0.132. The number of benzene rings is 2. The van der Waals surface area contributed by atoms with Crippen LogP contribution < -0.4 is 5.73 Å². The summed E-state index contributed by atoms with van der Waals surface area (Å²) in [6, 6.07) is 16.3. The Bertz CT molecular complexity index is 759. The third-order valence-electron chi connectivity index (χ3n) is 4.82. The van der Waals surface area contributed by atoms with E-state index in [0.29, 0.717) is 31.7 Å². The lowest BCUT2D eigenvalue weighted by Crippen LogP contribution is -2.41. The van der Waals surface area contributed by atoms with E-state index in [0.717, 1.165) is 17.5 Å². The molecule has 1 heterocycles. The highest BCUT2D eigenvalue weighted by Gasteiger charge is 2.26. The van der Waals surface area contributed by atoms with Gasteiger partial charge in [0.05, 0.1) is 0 Å². The van der Waals surface area contributed by atoms with Crippen LogP contribution in [0.5, 0.6) is 0 Å². The summed E-state index contributed by atoms with van der Waals surface area (Å²) in [4.78, 5) is 29.0. The van der Waals surface area contributed by atoms with Crippen molar-refractivity contribution in [3.63, 3.8) is 0 Å². The SMILES string of the molecule is Cc1ccc(C(N)C(=O)N2CCCN(C(=O)c3ccccc3)CC2)cc1. The number of hydrogen-bond acceptors (Lipinski definition) is 3. The smallest absolute Gasteiger partial charge is 0.253 e. The molecular formula is C21H25N3O2. The molecule has 1 saturated heterocycles. The summed E-state index contributed by atoms with van der Waals surface area (Å²) in [5.41, 5.74) is 8.83. The van der Waals surface area contributed by atoms with Crippen molar-refractivity contribution < 1.29 is 9.59 Å². The van der Waals surface area contributed by atoms with E-state index in [4.69, 9.17) is 5.73 Å². The van der Waals surface area contributed by atoms with Crippen molar-refractivity contribution in [3.05, 3.63) is 71.3 Å². The zero-order valence-electron chi connectivity index (χ0n) is 15.1. The second-order valence-electron chi connectivity index (χ2n) is 6.73. The van der Waals surface area contributed by atoms with Crippen LogP contribution in [0.25, 0.3) is 0 Å². The van der Waals surface area contributed by atoms with Gasteiger partial charge < -0.3 is 15.5 Å². The van der Waals surface area contributed by atoms with Crippen LogP contribution in [-0.2, 0) is 4.79 Å². The first-order valence-electron chi connectivity index (χ1n) is 9.01. The summed E-state index contributed by atoms with van der Waals surface area (Å²) in [5, 5.41) is 0. The number of rotatable bonds is 3. The van der Waals surface area contributed by atoms with E-state index in [-0.39, 0.29) is 11.8 Å². The van der Waals surface area contributed by atoms with Gasteiger partial charge in [-0.3, -0.25) is 9.59 Å². The predicted molar refractivity (Wildman–Crippen MR) is 102 cm³/mol. The van der Waals surface area contributed by atoms with E-state index < -0.39 is 6.04 Å². The Morgan fingerprint density at radius 2 is 1.50 bits per heavy atom. The maximum Gasteiger partial charge on any atom is 0.253 e. The van der Waals surface area contributed by atoms with Crippen molar-refractivity contribution in [2.24, 2.45) is 5.73 Å². The summed E-state index contributed by atoms with van der Waals surface area (Å²) in [5.74, 6) is -0.0643.